The number of hydrogen-bond acceptors (Lipinski definition) is 3. The molecule has 0 spiro atoms. The smallest absolute Gasteiger partial charge is 0.119 e. The molecule has 0 aliphatic rings. The summed E-state index contributed by atoms with van der Waals surface area (Å²) in [5, 5.41) is 12.8. The maximum atomic E-state index is 8.57. The summed E-state index contributed by atoms with van der Waals surface area (Å²) in [6.45, 7) is 3.28. The molecule has 0 N–H and O–H groups in total. The highest BCUT2D eigenvalue weighted by molar-refractivity contribution is 5.28. The van der Waals surface area contributed by atoms with E-state index >= 15 is 0 Å². The molecule has 0 amide bonds. The molecule has 0 unspecified atom stereocenters. The summed E-state index contributed by atoms with van der Waals surface area (Å²) in [6, 6.07) is 11.7. The van der Waals surface area contributed by atoms with Crippen LogP contribution in [0, 0.1) is 18.3 Å². The Morgan fingerprint density at radius 3 is 2.67 bits per heavy atom. The molecule has 18 heavy (non-hydrogen) atoms. The molecule has 0 saturated carbocycles. The zero-order valence-corrected chi connectivity index (χ0v) is 10.3. The molecule has 0 aliphatic heterocycles. The Hall–Kier alpha value is -2.28. The molecule has 2 aromatic rings. The Labute approximate surface area is 106 Å². The minimum absolute atomic E-state index is 0.437. The summed E-state index contributed by atoms with van der Waals surface area (Å²) in [5.74, 6) is 0.820. The van der Waals surface area contributed by atoms with Gasteiger partial charge >= 0.3 is 0 Å². The monoisotopic (exact) mass is 241 g/mol. The number of aryl methyl sites for hydroxylation is 1. The van der Waals surface area contributed by atoms with E-state index in [1.165, 1.54) is 0 Å². The third kappa shape index (κ3) is 3.36. The molecule has 0 atom stereocenters. The van der Waals surface area contributed by atoms with E-state index in [-0.39, 0.29) is 0 Å². The Balaban J connectivity index is 1.81. The molecule has 0 bridgehead atoms. The van der Waals surface area contributed by atoms with Gasteiger partial charge in [-0.1, -0.05) is 12.1 Å². The number of hydrogen-bond donors (Lipinski definition) is 0. The fourth-order valence-electron chi connectivity index (χ4n) is 1.64. The fourth-order valence-corrected chi connectivity index (χ4v) is 1.64. The zero-order chi connectivity index (χ0) is 12.8. The fraction of sp³-hybridized carbons (Fsp3) is 0.286. The summed E-state index contributed by atoms with van der Waals surface area (Å²) in [7, 11) is 0. The van der Waals surface area contributed by atoms with E-state index in [0.717, 1.165) is 23.6 Å². The quantitative estimate of drug-likeness (QED) is 0.807. The first-order valence-electron chi connectivity index (χ1n) is 5.86. The molecular formula is C14H15N3O. The van der Waals surface area contributed by atoms with Crippen molar-refractivity contribution in [2.45, 2.75) is 19.9 Å². The summed E-state index contributed by atoms with van der Waals surface area (Å²) in [4.78, 5) is 0. The Morgan fingerprint density at radius 2 is 2.06 bits per heavy atom. The van der Waals surface area contributed by atoms with Crippen molar-refractivity contribution in [3.63, 3.8) is 0 Å². The van der Waals surface area contributed by atoms with Crippen LogP contribution in [-0.4, -0.2) is 16.4 Å². The van der Waals surface area contributed by atoms with Crippen LogP contribution in [0.1, 0.15) is 11.3 Å². The van der Waals surface area contributed by atoms with Crippen LogP contribution in [0.25, 0.3) is 0 Å². The van der Waals surface area contributed by atoms with Crippen LogP contribution in [0.5, 0.6) is 5.75 Å². The summed E-state index contributed by atoms with van der Waals surface area (Å²) in [6.07, 6.45) is 2.38. The molecule has 2 rings (SSSR count). The summed E-state index contributed by atoms with van der Waals surface area (Å²) >= 11 is 0. The van der Waals surface area contributed by atoms with Gasteiger partial charge in [0.1, 0.15) is 12.4 Å². The van der Waals surface area contributed by atoms with Crippen molar-refractivity contribution in [2.75, 3.05) is 6.61 Å². The van der Waals surface area contributed by atoms with Crippen LogP contribution < -0.4 is 4.74 Å². The van der Waals surface area contributed by atoms with E-state index < -0.39 is 0 Å². The van der Waals surface area contributed by atoms with Crippen LogP contribution in [0.2, 0.25) is 0 Å². The van der Waals surface area contributed by atoms with Crippen LogP contribution in [0.3, 0.4) is 0 Å². The molecule has 92 valence electrons. The molecule has 0 aliphatic carbocycles. The molecule has 1 aromatic carbocycles. The first-order chi connectivity index (χ1) is 8.78. The normalized spacial score (nSPS) is 10.0. The van der Waals surface area contributed by atoms with Crippen LogP contribution in [0.15, 0.2) is 36.5 Å². The molecule has 1 heterocycles. The van der Waals surface area contributed by atoms with Gasteiger partial charge in [0.25, 0.3) is 0 Å². The molecule has 4 heteroatoms. The molecule has 1 aromatic heterocycles. The van der Waals surface area contributed by atoms with Crippen molar-refractivity contribution >= 4 is 0 Å². The van der Waals surface area contributed by atoms with Crippen molar-refractivity contribution in [1.29, 1.82) is 5.26 Å². The van der Waals surface area contributed by atoms with Crippen molar-refractivity contribution in [2.24, 2.45) is 0 Å². The van der Waals surface area contributed by atoms with E-state index in [2.05, 4.69) is 11.2 Å². The number of aromatic nitrogens is 2. The highest BCUT2D eigenvalue weighted by atomic mass is 16.5. The number of nitrogens with zero attached hydrogens (tertiary/aromatic N) is 3. The predicted molar refractivity (Wildman–Crippen MR) is 68.2 cm³/mol. The van der Waals surface area contributed by atoms with Gasteiger partial charge in [0.15, 0.2) is 0 Å². The molecule has 0 radical (unpaired) electrons. The number of rotatable bonds is 5. The van der Waals surface area contributed by atoms with E-state index in [0.29, 0.717) is 13.0 Å². The average molecular weight is 241 g/mol. The third-order valence-electron chi connectivity index (χ3n) is 2.57. The number of nitriles is 1. The Bertz CT molecular complexity index is 537. The third-order valence-corrected chi connectivity index (χ3v) is 2.57. The Morgan fingerprint density at radius 1 is 1.28 bits per heavy atom. The van der Waals surface area contributed by atoms with Crippen molar-refractivity contribution in [1.82, 2.24) is 9.78 Å². The molecule has 0 fully saturated rings. The second-order valence-corrected chi connectivity index (χ2v) is 4.05. The molecule has 0 saturated heterocycles. The van der Waals surface area contributed by atoms with Gasteiger partial charge in [-0.05, 0) is 30.7 Å². The largest absolute Gasteiger partial charge is 0.492 e. The maximum Gasteiger partial charge on any atom is 0.119 e. The van der Waals surface area contributed by atoms with Crippen LogP contribution in [-0.2, 0) is 13.0 Å². The lowest BCUT2D eigenvalue weighted by Crippen LogP contribution is -2.08. The predicted octanol–water partition coefficient (Wildman–Crippen LogP) is 2.34. The summed E-state index contributed by atoms with van der Waals surface area (Å²) < 4.78 is 7.47. The van der Waals surface area contributed by atoms with Gasteiger partial charge in [-0.3, -0.25) is 4.68 Å². The van der Waals surface area contributed by atoms with E-state index in [1.54, 1.807) is 0 Å². The summed E-state index contributed by atoms with van der Waals surface area (Å²) in [5.41, 5.74) is 2.02. The van der Waals surface area contributed by atoms with Gasteiger partial charge in [0.05, 0.1) is 24.7 Å². The van der Waals surface area contributed by atoms with Gasteiger partial charge < -0.3 is 4.74 Å². The van der Waals surface area contributed by atoms with Crippen LogP contribution >= 0.6 is 0 Å². The lowest BCUT2D eigenvalue weighted by Gasteiger charge is -2.06. The first-order valence-corrected chi connectivity index (χ1v) is 5.86. The van der Waals surface area contributed by atoms with Crippen molar-refractivity contribution < 1.29 is 4.74 Å². The van der Waals surface area contributed by atoms with E-state index in [1.807, 2.05) is 48.1 Å². The maximum absolute atomic E-state index is 8.57. The highest BCUT2D eigenvalue weighted by Crippen LogP contribution is 2.12. The number of ether oxygens (including phenoxy) is 1. The highest BCUT2D eigenvalue weighted by Gasteiger charge is 1.97. The lowest BCUT2D eigenvalue weighted by molar-refractivity contribution is 0.291. The van der Waals surface area contributed by atoms with Crippen LogP contribution in [0.4, 0.5) is 0 Å². The minimum atomic E-state index is 0.437. The SMILES string of the molecule is Cc1ccn(CCOc2ccc(CC#N)cc2)n1. The number of benzene rings is 1. The standard InChI is InChI=1S/C14H15N3O/c1-12-7-9-17(16-12)10-11-18-14-4-2-13(3-5-14)6-8-15/h2-5,7,9H,6,10-11H2,1H3. The van der Waals surface area contributed by atoms with E-state index in [4.69, 9.17) is 10.00 Å². The van der Waals surface area contributed by atoms with Gasteiger partial charge in [0.2, 0.25) is 0 Å². The zero-order valence-electron chi connectivity index (χ0n) is 10.3. The molecular weight excluding hydrogens is 226 g/mol. The minimum Gasteiger partial charge on any atom is -0.492 e. The van der Waals surface area contributed by atoms with Crippen molar-refractivity contribution in [3.8, 4) is 11.8 Å². The van der Waals surface area contributed by atoms with Gasteiger partial charge in [0, 0.05) is 6.20 Å². The van der Waals surface area contributed by atoms with Crippen molar-refractivity contribution in [3.05, 3.63) is 47.8 Å². The van der Waals surface area contributed by atoms with E-state index in [9.17, 15) is 0 Å². The van der Waals surface area contributed by atoms with Gasteiger partial charge in [-0.15, -0.1) is 0 Å². The van der Waals surface area contributed by atoms with Gasteiger partial charge in [-0.25, -0.2) is 0 Å². The van der Waals surface area contributed by atoms with Gasteiger partial charge in [-0.2, -0.15) is 10.4 Å². The molecule has 4 nitrogen and oxygen atoms in total. The second kappa shape index (κ2) is 5.87. The topological polar surface area (TPSA) is 50.8 Å². The average Bonchev–Trinajstić information content (AvgIpc) is 2.78. The lowest BCUT2D eigenvalue weighted by atomic mass is 10.2. The Kier molecular flexibility index (Phi) is 3.98. The first kappa shape index (κ1) is 12.2. The second-order valence-electron chi connectivity index (χ2n) is 4.05.